The summed E-state index contributed by atoms with van der Waals surface area (Å²) >= 11 is 15.0. The maximum Gasteiger partial charge on any atom is 0.341 e. The summed E-state index contributed by atoms with van der Waals surface area (Å²) in [6.07, 6.45) is 5.33. The van der Waals surface area contributed by atoms with Gasteiger partial charge in [0.05, 0.1) is 27.5 Å². The van der Waals surface area contributed by atoms with Crippen LogP contribution in [0.5, 0.6) is 0 Å². The van der Waals surface area contributed by atoms with Crippen molar-refractivity contribution in [1.82, 2.24) is 14.8 Å². The highest BCUT2D eigenvalue weighted by Gasteiger charge is 2.28. The molecule has 0 radical (unpaired) electrons. The molecule has 0 atom stereocenters. The first-order valence-corrected chi connectivity index (χ1v) is 14.1. The number of thioether (sulfide) groups is 1. The topological polar surface area (TPSA) is 86.1 Å². The zero-order valence-electron chi connectivity index (χ0n) is 20.0. The van der Waals surface area contributed by atoms with E-state index in [-0.39, 0.29) is 23.7 Å². The number of esters is 1. The Morgan fingerprint density at radius 2 is 2.03 bits per heavy atom. The molecule has 0 saturated carbocycles. The summed E-state index contributed by atoms with van der Waals surface area (Å²) in [5.41, 5.74) is 2.27. The molecular formula is C25H26Cl2N4O3S2. The molecule has 1 amide bonds. The normalized spacial score (nSPS) is 12.9. The number of halogens is 2. The molecule has 3 aromatic rings. The van der Waals surface area contributed by atoms with E-state index in [2.05, 4.69) is 22.1 Å². The van der Waals surface area contributed by atoms with Crippen LogP contribution in [0.3, 0.4) is 0 Å². The number of allylic oxidation sites excluding steroid dienone is 1. The van der Waals surface area contributed by atoms with Gasteiger partial charge in [0, 0.05) is 17.0 Å². The maximum atomic E-state index is 12.9. The smallest absolute Gasteiger partial charge is 0.341 e. The zero-order valence-corrected chi connectivity index (χ0v) is 23.1. The molecule has 0 fully saturated rings. The molecule has 1 N–H and O–H groups in total. The molecule has 0 spiro atoms. The number of hydrogen-bond donors (Lipinski definition) is 1. The Labute approximate surface area is 228 Å². The minimum absolute atomic E-state index is 0.0951. The number of rotatable bonds is 9. The third kappa shape index (κ3) is 5.96. The number of aromatic nitrogens is 3. The fourth-order valence-electron chi connectivity index (χ4n) is 3.97. The standard InChI is InChI=1S/C25H26Cl2N4O3S2/c1-4-11-31-22(15-9-10-17(26)18(27)12-15)29-30-25(31)35-13-20(32)28-23-21(24(33)34-14(2)3)16-7-5-6-8-19(16)36-23/h4,9-10,12,14H,1,5-8,11,13H2,2-3H3,(H,28,32). The van der Waals surface area contributed by atoms with Crippen molar-refractivity contribution in [2.45, 2.75) is 57.3 Å². The minimum Gasteiger partial charge on any atom is -0.459 e. The van der Waals surface area contributed by atoms with Crippen LogP contribution in [0.1, 0.15) is 47.5 Å². The van der Waals surface area contributed by atoms with Crippen LogP contribution in [0, 0.1) is 0 Å². The molecule has 1 aliphatic rings. The predicted octanol–water partition coefficient (Wildman–Crippen LogP) is 6.67. The van der Waals surface area contributed by atoms with E-state index in [1.54, 1.807) is 18.2 Å². The molecule has 1 aliphatic carbocycles. The number of carbonyl (C=O) groups excluding carboxylic acids is 2. The van der Waals surface area contributed by atoms with Crippen LogP contribution in [-0.4, -0.2) is 38.5 Å². The van der Waals surface area contributed by atoms with Crippen molar-refractivity contribution >= 4 is 63.2 Å². The van der Waals surface area contributed by atoms with Gasteiger partial charge in [-0.05, 0) is 63.3 Å². The molecule has 11 heteroatoms. The highest BCUT2D eigenvalue weighted by molar-refractivity contribution is 7.99. The van der Waals surface area contributed by atoms with Gasteiger partial charge < -0.3 is 10.1 Å². The number of aryl methyl sites for hydroxylation is 1. The number of amides is 1. The number of fused-ring (bicyclic) bond motifs is 1. The minimum atomic E-state index is -0.385. The van der Waals surface area contributed by atoms with Gasteiger partial charge in [0.1, 0.15) is 5.00 Å². The average molecular weight is 566 g/mol. The summed E-state index contributed by atoms with van der Waals surface area (Å²) < 4.78 is 7.34. The predicted molar refractivity (Wildman–Crippen MR) is 147 cm³/mol. The summed E-state index contributed by atoms with van der Waals surface area (Å²) in [7, 11) is 0. The molecule has 0 aliphatic heterocycles. The second-order valence-corrected chi connectivity index (χ2v) is 11.4. The van der Waals surface area contributed by atoms with Gasteiger partial charge in [-0.1, -0.05) is 41.0 Å². The van der Waals surface area contributed by atoms with E-state index in [1.165, 1.54) is 23.1 Å². The van der Waals surface area contributed by atoms with Crippen LogP contribution < -0.4 is 5.32 Å². The third-order valence-electron chi connectivity index (χ3n) is 5.51. The molecule has 190 valence electrons. The Kier molecular flexibility index (Phi) is 8.77. The molecule has 1 aromatic carbocycles. The number of anilines is 1. The lowest BCUT2D eigenvalue weighted by Crippen LogP contribution is -2.19. The number of ether oxygens (including phenoxy) is 1. The number of benzene rings is 1. The maximum absolute atomic E-state index is 12.9. The highest BCUT2D eigenvalue weighted by atomic mass is 35.5. The molecule has 0 unspecified atom stereocenters. The van der Waals surface area contributed by atoms with Crippen LogP contribution in [-0.2, 0) is 28.9 Å². The second-order valence-electron chi connectivity index (χ2n) is 8.54. The summed E-state index contributed by atoms with van der Waals surface area (Å²) in [5.74, 6) is 0.0736. The second kappa shape index (κ2) is 11.8. The Morgan fingerprint density at radius 3 is 2.75 bits per heavy atom. The van der Waals surface area contributed by atoms with Crippen LogP contribution in [0.4, 0.5) is 5.00 Å². The molecule has 36 heavy (non-hydrogen) atoms. The molecule has 2 heterocycles. The van der Waals surface area contributed by atoms with Gasteiger partial charge in [0.25, 0.3) is 0 Å². The summed E-state index contributed by atoms with van der Waals surface area (Å²) in [5, 5.41) is 13.5. The van der Waals surface area contributed by atoms with Crippen molar-refractivity contribution in [3.05, 3.63) is 56.9 Å². The molecule has 4 rings (SSSR count). The van der Waals surface area contributed by atoms with Gasteiger partial charge in [0.15, 0.2) is 11.0 Å². The highest BCUT2D eigenvalue weighted by Crippen LogP contribution is 2.39. The monoisotopic (exact) mass is 564 g/mol. The van der Waals surface area contributed by atoms with E-state index in [1.807, 2.05) is 24.5 Å². The van der Waals surface area contributed by atoms with E-state index in [9.17, 15) is 9.59 Å². The SMILES string of the molecule is C=CCn1c(SCC(=O)Nc2sc3c(c2C(=O)OC(C)C)CCCC3)nnc1-c1ccc(Cl)c(Cl)c1. The number of nitrogens with one attached hydrogen (secondary N) is 1. The van der Waals surface area contributed by atoms with Crippen molar-refractivity contribution in [2.75, 3.05) is 11.1 Å². The van der Waals surface area contributed by atoms with E-state index in [0.717, 1.165) is 41.7 Å². The van der Waals surface area contributed by atoms with Crippen LogP contribution in [0.2, 0.25) is 10.0 Å². The summed E-state index contributed by atoms with van der Waals surface area (Å²) in [4.78, 5) is 26.9. The van der Waals surface area contributed by atoms with E-state index in [4.69, 9.17) is 27.9 Å². The van der Waals surface area contributed by atoms with Crippen LogP contribution in [0.15, 0.2) is 36.0 Å². The van der Waals surface area contributed by atoms with Gasteiger partial charge in [-0.2, -0.15) is 0 Å². The van der Waals surface area contributed by atoms with Crippen molar-refractivity contribution in [1.29, 1.82) is 0 Å². The number of nitrogens with zero attached hydrogens (tertiary/aromatic N) is 3. The van der Waals surface area contributed by atoms with Crippen molar-refractivity contribution < 1.29 is 14.3 Å². The number of carbonyl (C=O) groups is 2. The van der Waals surface area contributed by atoms with Gasteiger partial charge in [-0.3, -0.25) is 9.36 Å². The Balaban J connectivity index is 1.51. The fraction of sp³-hybridized carbons (Fsp3) is 0.360. The van der Waals surface area contributed by atoms with Crippen molar-refractivity contribution in [3.63, 3.8) is 0 Å². The largest absolute Gasteiger partial charge is 0.459 e. The molecule has 2 aromatic heterocycles. The quantitative estimate of drug-likeness (QED) is 0.177. The van der Waals surface area contributed by atoms with Gasteiger partial charge in [-0.25, -0.2) is 4.79 Å². The van der Waals surface area contributed by atoms with Crippen LogP contribution in [0.25, 0.3) is 11.4 Å². The molecule has 0 saturated heterocycles. The summed E-state index contributed by atoms with van der Waals surface area (Å²) in [6.45, 7) is 7.91. The first kappa shape index (κ1) is 26.7. The van der Waals surface area contributed by atoms with Gasteiger partial charge in [0.2, 0.25) is 5.91 Å². The Hall–Kier alpha value is -2.33. The molecular weight excluding hydrogens is 539 g/mol. The summed E-state index contributed by atoms with van der Waals surface area (Å²) in [6, 6.07) is 5.25. The van der Waals surface area contributed by atoms with E-state index >= 15 is 0 Å². The van der Waals surface area contributed by atoms with E-state index in [0.29, 0.717) is 38.1 Å². The van der Waals surface area contributed by atoms with Crippen molar-refractivity contribution in [3.8, 4) is 11.4 Å². The molecule has 7 nitrogen and oxygen atoms in total. The van der Waals surface area contributed by atoms with Crippen LogP contribution >= 0.6 is 46.3 Å². The fourth-order valence-corrected chi connectivity index (χ4v) is 6.31. The number of hydrogen-bond acceptors (Lipinski definition) is 7. The Morgan fingerprint density at radius 1 is 1.25 bits per heavy atom. The van der Waals surface area contributed by atoms with Gasteiger partial charge >= 0.3 is 5.97 Å². The van der Waals surface area contributed by atoms with E-state index < -0.39 is 0 Å². The first-order valence-electron chi connectivity index (χ1n) is 11.6. The average Bonchev–Trinajstić information content (AvgIpc) is 3.40. The molecule has 0 bridgehead atoms. The van der Waals surface area contributed by atoms with Gasteiger partial charge in [-0.15, -0.1) is 28.1 Å². The number of thiophene rings is 1. The Bertz CT molecular complexity index is 1300. The van der Waals surface area contributed by atoms with Crippen molar-refractivity contribution in [2.24, 2.45) is 0 Å². The third-order valence-corrected chi connectivity index (χ3v) is 8.42. The first-order chi connectivity index (χ1) is 17.3. The lowest BCUT2D eigenvalue weighted by atomic mass is 9.95. The zero-order chi connectivity index (χ0) is 25.8. The lowest BCUT2D eigenvalue weighted by Gasteiger charge is -2.14. The lowest BCUT2D eigenvalue weighted by molar-refractivity contribution is -0.113.